The summed E-state index contributed by atoms with van der Waals surface area (Å²) in [6.07, 6.45) is 0. The van der Waals surface area contributed by atoms with Crippen molar-refractivity contribution in [1.82, 2.24) is 10.1 Å². The van der Waals surface area contributed by atoms with Crippen LogP contribution in [0.15, 0.2) is 4.52 Å². The van der Waals surface area contributed by atoms with Gasteiger partial charge in [0.2, 0.25) is 5.89 Å². The molecule has 1 unspecified atom stereocenters. The Morgan fingerprint density at radius 3 is 3.08 bits per heavy atom. The van der Waals surface area contributed by atoms with Crippen LogP contribution in [0, 0.1) is 0 Å². The highest BCUT2D eigenvalue weighted by Crippen LogP contribution is 2.35. The van der Waals surface area contributed by atoms with Gasteiger partial charge in [-0.15, -0.1) is 23.4 Å². The number of nitrogens with zero attached hydrogens (tertiary/aromatic N) is 2. The number of aromatic nitrogens is 2. The molecule has 6 heteroatoms. The average Bonchev–Trinajstić information content (AvgIpc) is 2.67. The second-order valence-corrected chi connectivity index (χ2v) is 5.34. The molecule has 0 aromatic carbocycles. The molecule has 0 spiro atoms. The summed E-state index contributed by atoms with van der Waals surface area (Å²) in [6, 6.07) is 0. The van der Waals surface area contributed by atoms with Crippen molar-refractivity contribution < 1.29 is 4.52 Å². The van der Waals surface area contributed by atoms with E-state index in [1.165, 1.54) is 11.5 Å². The number of rotatable bonds is 2. The fraction of sp³-hybridized carbons (Fsp3) is 0.714. The summed E-state index contributed by atoms with van der Waals surface area (Å²) in [5.74, 6) is 5.09. The Kier molecular flexibility index (Phi) is 3.40. The van der Waals surface area contributed by atoms with E-state index < -0.39 is 0 Å². The summed E-state index contributed by atoms with van der Waals surface area (Å²) < 4.78 is 4.95. The first-order valence-electron chi connectivity index (χ1n) is 3.98. The van der Waals surface area contributed by atoms with Crippen LogP contribution in [0.25, 0.3) is 0 Å². The van der Waals surface area contributed by atoms with Crippen LogP contribution in [0.2, 0.25) is 0 Å². The fourth-order valence-electron chi connectivity index (χ4n) is 1.09. The highest BCUT2D eigenvalue weighted by atomic mass is 35.5. The van der Waals surface area contributed by atoms with Gasteiger partial charge in [0.1, 0.15) is 5.88 Å². The van der Waals surface area contributed by atoms with Gasteiger partial charge in [0.25, 0.3) is 0 Å². The lowest BCUT2D eigenvalue weighted by molar-refractivity contribution is 0.384. The van der Waals surface area contributed by atoms with Gasteiger partial charge in [-0.2, -0.15) is 16.7 Å². The highest BCUT2D eigenvalue weighted by molar-refractivity contribution is 8.06. The molecule has 3 nitrogen and oxygen atoms in total. The van der Waals surface area contributed by atoms with E-state index in [1.54, 1.807) is 0 Å². The molecule has 2 rings (SSSR count). The molecule has 72 valence electrons. The van der Waals surface area contributed by atoms with Gasteiger partial charge in [-0.3, -0.25) is 0 Å². The summed E-state index contributed by atoms with van der Waals surface area (Å²) in [5, 5.41) is 4.29. The Labute approximate surface area is 90.0 Å². The smallest absolute Gasteiger partial charge is 0.241 e. The van der Waals surface area contributed by atoms with E-state index in [9.17, 15) is 0 Å². The lowest BCUT2D eigenvalue weighted by Gasteiger charge is -2.16. The molecule has 0 radical (unpaired) electrons. The monoisotopic (exact) mass is 236 g/mol. The van der Waals surface area contributed by atoms with Crippen LogP contribution >= 0.6 is 35.1 Å². The van der Waals surface area contributed by atoms with E-state index in [1.807, 2.05) is 23.5 Å². The standard InChI is InChI=1S/C7H9ClN2OS2/c8-3-6-9-7(10-11-6)5-4-12-1-2-13-5/h5H,1-4H2. The third-order valence-corrected chi connectivity index (χ3v) is 4.68. The van der Waals surface area contributed by atoms with Crippen molar-refractivity contribution in [3.05, 3.63) is 11.7 Å². The Morgan fingerprint density at radius 1 is 1.54 bits per heavy atom. The van der Waals surface area contributed by atoms with Crippen LogP contribution in [-0.2, 0) is 5.88 Å². The van der Waals surface area contributed by atoms with Crippen LogP contribution in [-0.4, -0.2) is 27.4 Å². The van der Waals surface area contributed by atoms with Crippen molar-refractivity contribution in [2.75, 3.05) is 17.3 Å². The average molecular weight is 237 g/mol. The minimum absolute atomic E-state index is 0.303. The molecule has 1 fully saturated rings. The first kappa shape index (κ1) is 9.68. The molecule has 0 bridgehead atoms. The van der Waals surface area contributed by atoms with Crippen molar-refractivity contribution >= 4 is 35.1 Å². The minimum Gasteiger partial charge on any atom is -0.338 e. The summed E-state index contributed by atoms with van der Waals surface area (Å²) >= 11 is 9.40. The molecule has 1 atom stereocenters. The lowest BCUT2D eigenvalue weighted by Crippen LogP contribution is -2.07. The van der Waals surface area contributed by atoms with Gasteiger partial charge in [-0.25, -0.2) is 0 Å². The van der Waals surface area contributed by atoms with Crippen LogP contribution in [0.4, 0.5) is 0 Å². The van der Waals surface area contributed by atoms with Gasteiger partial charge in [-0.05, 0) is 0 Å². The molecule has 1 saturated heterocycles. The topological polar surface area (TPSA) is 38.9 Å². The van der Waals surface area contributed by atoms with Gasteiger partial charge in [0, 0.05) is 17.3 Å². The molecule has 0 aliphatic carbocycles. The van der Waals surface area contributed by atoms with Gasteiger partial charge in [-0.1, -0.05) is 5.16 Å². The van der Waals surface area contributed by atoms with E-state index in [0.717, 1.165) is 11.6 Å². The second-order valence-electron chi connectivity index (χ2n) is 2.61. The molecule has 1 aliphatic rings. The van der Waals surface area contributed by atoms with Crippen molar-refractivity contribution in [1.29, 1.82) is 0 Å². The van der Waals surface area contributed by atoms with Gasteiger partial charge in [0.05, 0.1) is 5.25 Å². The SMILES string of the molecule is ClCc1nc(C2CSCCS2)no1. The maximum absolute atomic E-state index is 5.57. The normalized spacial score (nSPS) is 23.3. The zero-order chi connectivity index (χ0) is 9.10. The van der Waals surface area contributed by atoms with Crippen LogP contribution < -0.4 is 0 Å². The largest absolute Gasteiger partial charge is 0.338 e. The third-order valence-electron chi connectivity index (χ3n) is 1.70. The molecule has 1 aromatic heterocycles. The summed E-state index contributed by atoms with van der Waals surface area (Å²) in [5.41, 5.74) is 0. The lowest BCUT2D eigenvalue weighted by atomic mass is 10.4. The number of halogens is 1. The Morgan fingerprint density at radius 2 is 2.46 bits per heavy atom. The molecule has 0 amide bonds. The number of alkyl halides is 1. The number of hydrogen-bond donors (Lipinski definition) is 0. The predicted octanol–water partition coefficient (Wildman–Crippen LogP) is 2.33. The molecular weight excluding hydrogens is 228 g/mol. The number of thioether (sulfide) groups is 2. The second kappa shape index (κ2) is 4.57. The molecule has 1 aromatic rings. The molecule has 2 heterocycles. The molecule has 1 aliphatic heterocycles. The van der Waals surface area contributed by atoms with Gasteiger partial charge in [0.15, 0.2) is 5.82 Å². The summed E-state index contributed by atoms with van der Waals surface area (Å²) in [6.45, 7) is 0. The zero-order valence-corrected chi connectivity index (χ0v) is 9.29. The first-order chi connectivity index (χ1) is 6.40. The minimum atomic E-state index is 0.303. The zero-order valence-electron chi connectivity index (χ0n) is 6.90. The number of hydrogen-bond acceptors (Lipinski definition) is 5. The van der Waals surface area contributed by atoms with E-state index in [0.29, 0.717) is 17.0 Å². The molecular formula is C7H9ClN2OS2. The summed E-state index contributed by atoms with van der Waals surface area (Å²) in [7, 11) is 0. The van der Waals surface area contributed by atoms with Crippen LogP contribution in [0.5, 0.6) is 0 Å². The molecule has 13 heavy (non-hydrogen) atoms. The quantitative estimate of drug-likeness (QED) is 0.737. The van der Waals surface area contributed by atoms with E-state index >= 15 is 0 Å². The van der Waals surface area contributed by atoms with E-state index in [4.69, 9.17) is 16.1 Å². The summed E-state index contributed by atoms with van der Waals surface area (Å²) in [4.78, 5) is 4.21. The third kappa shape index (κ3) is 2.33. The van der Waals surface area contributed by atoms with Crippen LogP contribution in [0.3, 0.4) is 0 Å². The van der Waals surface area contributed by atoms with Crippen molar-refractivity contribution in [3.63, 3.8) is 0 Å². The van der Waals surface area contributed by atoms with Crippen LogP contribution in [0.1, 0.15) is 17.0 Å². The van der Waals surface area contributed by atoms with E-state index in [2.05, 4.69) is 10.1 Å². The predicted molar refractivity (Wildman–Crippen MR) is 56.4 cm³/mol. The molecule has 0 saturated carbocycles. The fourth-order valence-corrected chi connectivity index (χ4v) is 3.79. The maximum atomic E-state index is 5.57. The van der Waals surface area contributed by atoms with Crippen molar-refractivity contribution in [2.45, 2.75) is 11.1 Å². The maximum Gasteiger partial charge on any atom is 0.241 e. The Hall–Kier alpha value is 0.130. The van der Waals surface area contributed by atoms with Crippen molar-refractivity contribution in [2.24, 2.45) is 0 Å². The highest BCUT2D eigenvalue weighted by Gasteiger charge is 2.21. The van der Waals surface area contributed by atoms with Gasteiger partial charge >= 0.3 is 0 Å². The Bertz CT molecular complexity index is 275. The molecule has 0 N–H and O–H groups in total. The Balaban J connectivity index is 2.05. The first-order valence-corrected chi connectivity index (χ1v) is 6.71. The van der Waals surface area contributed by atoms with E-state index in [-0.39, 0.29) is 0 Å². The van der Waals surface area contributed by atoms with Gasteiger partial charge < -0.3 is 4.52 Å². The van der Waals surface area contributed by atoms with Crippen molar-refractivity contribution in [3.8, 4) is 0 Å².